The van der Waals surface area contributed by atoms with Crippen LogP contribution in [0.15, 0.2) is 30.5 Å². The van der Waals surface area contributed by atoms with Gasteiger partial charge >= 0.3 is 0 Å². The first-order chi connectivity index (χ1) is 12.6. The maximum Gasteiger partial charge on any atom is 0.245 e. The van der Waals surface area contributed by atoms with Gasteiger partial charge in [0.25, 0.3) is 0 Å². The second-order valence-corrected chi connectivity index (χ2v) is 8.02. The van der Waals surface area contributed by atoms with Crippen molar-refractivity contribution in [2.24, 2.45) is 11.7 Å². The predicted octanol–water partition coefficient (Wildman–Crippen LogP) is 3.55. The van der Waals surface area contributed by atoms with Crippen LogP contribution in [-0.2, 0) is 24.2 Å². The number of imidazole rings is 1. The van der Waals surface area contributed by atoms with Gasteiger partial charge in [-0.05, 0) is 55.7 Å². The Morgan fingerprint density at radius 3 is 2.92 bits per heavy atom. The van der Waals surface area contributed by atoms with Crippen LogP contribution in [-0.4, -0.2) is 21.0 Å². The summed E-state index contributed by atoms with van der Waals surface area (Å²) in [6.45, 7) is 0.913. The molecule has 0 spiro atoms. The highest BCUT2D eigenvalue weighted by Gasteiger charge is 2.45. The first-order valence-corrected chi connectivity index (χ1v) is 9.83. The number of halogens is 1. The van der Waals surface area contributed by atoms with Gasteiger partial charge < -0.3 is 15.6 Å². The monoisotopic (exact) mass is 372 g/mol. The molecule has 6 heteroatoms. The number of nitrogens with zero attached hydrogens (tertiary/aromatic N) is 2. The van der Waals surface area contributed by atoms with Gasteiger partial charge in [-0.1, -0.05) is 30.2 Å². The summed E-state index contributed by atoms with van der Waals surface area (Å²) in [5.74, 6) is 1.89. The molecule has 26 heavy (non-hydrogen) atoms. The number of hydrogen-bond acceptors (Lipinski definition) is 3. The first-order valence-electron chi connectivity index (χ1n) is 9.45. The van der Waals surface area contributed by atoms with Gasteiger partial charge in [-0.2, -0.15) is 0 Å². The molecule has 2 unspecified atom stereocenters. The lowest BCUT2D eigenvalue weighted by molar-refractivity contribution is -0.122. The van der Waals surface area contributed by atoms with Crippen LogP contribution in [0, 0.1) is 5.92 Å². The third kappa shape index (κ3) is 3.26. The summed E-state index contributed by atoms with van der Waals surface area (Å²) < 4.78 is 2.12. The van der Waals surface area contributed by atoms with Crippen molar-refractivity contribution in [3.05, 3.63) is 46.9 Å². The Labute approximate surface area is 158 Å². The van der Waals surface area contributed by atoms with E-state index in [-0.39, 0.29) is 11.8 Å². The number of anilines is 1. The lowest BCUT2D eigenvalue weighted by Gasteiger charge is -2.30. The number of fused-ring (bicyclic) bond motifs is 1. The van der Waals surface area contributed by atoms with Gasteiger partial charge in [0, 0.05) is 18.0 Å². The molecule has 1 aromatic heterocycles. The number of rotatable bonds is 4. The molecule has 138 valence electrons. The van der Waals surface area contributed by atoms with Crippen molar-refractivity contribution in [2.75, 3.05) is 5.32 Å². The van der Waals surface area contributed by atoms with Crippen LogP contribution in [0.2, 0.25) is 5.02 Å². The SMILES string of the molecule is NC1(C(=O)Nc2cnc3n2CCCC3)CCCC1Cc1ccc(Cl)cc1. The molecule has 4 rings (SSSR count). The van der Waals surface area contributed by atoms with E-state index in [1.807, 2.05) is 24.3 Å². The van der Waals surface area contributed by atoms with Crippen LogP contribution < -0.4 is 11.1 Å². The minimum Gasteiger partial charge on any atom is -0.317 e. The molecule has 1 aliphatic carbocycles. The Balaban J connectivity index is 1.50. The number of hydrogen-bond donors (Lipinski definition) is 2. The Morgan fingerprint density at radius 1 is 1.31 bits per heavy atom. The number of carbonyl (C=O) groups is 1. The van der Waals surface area contributed by atoms with Crippen molar-refractivity contribution in [3.63, 3.8) is 0 Å². The number of aromatic nitrogens is 2. The van der Waals surface area contributed by atoms with Crippen LogP contribution in [0.5, 0.6) is 0 Å². The fourth-order valence-corrected chi connectivity index (χ4v) is 4.47. The van der Waals surface area contributed by atoms with Gasteiger partial charge in [0.1, 0.15) is 11.6 Å². The summed E-state index contributed by atoms with van der Waals surface area (Å²) in [5, 5.41) is 3.80. The smallest absolute Gasteiger partial charge is 0.245 e. The van der Waals surface area contributed by atoms with E-state index in [4.69, 9.17) is 17.3 Å². The van der Waals surface area contributed by atoms with E-state index < -0.39 is 5.54 Å². The summed E-state index contributed by atoms with van der Waals surface area (Å²) in [4.78, 5) is 17.5. The average molecular weight is 373 g/mol. The Bertz CT molecular complexity index is 801. The Hall–Kier alpha value is -1.85. The van der Waals surface area contributed by atoms with Crippen molar-refractivity contribution >= 4 is 23.3 Å². The van der Waals surface area contributed by atoms with E-state index in [9.17, 15) is 4.79 Å². The molecule has 2 heterocycles. The fraction of sp³-hybridized carbons (Fsp3) is 0.500. The van der Waals surface area contributed by atoms with Crippen molar-refractivity contribution in [1.82, 2.24) is 9.55 Å². The lowest BCUT2D eigenvalue weighted by Crippen LogP contribution is -2.54. The molecule has 1 aliphatic heterocycles. The number of carbonyl (C=O) groups excluding carboxylic acids is 1. The van der Waals surface area contributed by atoms with E-state index in [1.165, 1.54) is 5.56 Å². The second kappa shape index (κ2) is 7.05. The van der Waals surface area contributed by atoms with E-state index >= 15 is 0 Å². The van der Waals surface area contributed by atoms with Gasteiger partial charge in [-0.25, -0.2) is 4.98 Å². The minimum absolute atomic E-state index is 0.0813. The molecule has 5 nitrogen and oxygen atoms in total. The predicted molar refractivity (Wildman–Crippen MR) is 103 cm³/mol. The van der Waals surface area contributed by atoms with E-state index in [1.54, 1.807) is 6.20 Å². The fourth-order valence-electron chi connectivity index (χ4n) is 4.34. The summed E-state index contributed by atoms with van der Waals surface area (Å²) in [7, 11) is 0. The van der Waals surface area contributed by atoms with Crippen LogP contribution in [0.4, 0.5) is 5.82 Å². The summed E-state index contributed by atoms with van der Waals surface area (Å²) in [6.07, 6.45) is 8.49. The average Bonchev–Trinajstić information content (AvgIpc) is 3.22. The number of amides is 1. The third-order valence-electron chi connectivity index (χ3n) is 5.90. The summed E-state index contributed by atoms with van der Waals surface area (Å²) in [6, 6.07) is 7.82. The number of aryl methyl sites for hydroxylation is 1. The molecular weight excluding hydrogens is 348 g/mol. The van der Waals surface area contributed by atoms with Crippen molar-refractivity contribution in [2.45, 2.75) is 57.0 Å². The molecule has 0 saturated heterocycles. The molecular formula is C20H25ClN4O. The third-order valence-corrected chi connectivity index (χ3v) is 6.15. The van der Waals surface area contributed by atoms with Crippen LogP contribution >= 0.6 is 11.6 Å². The van der Waals surface area contributed by atoms with E-state index in [2.05, 4.69) is 14.9 Å². The van der Waals surface area contributed by atoms with Crippen molar-refractivity contribution in [1.29, 1.82) is 0 Å². The number of benzene rings is 1. The number of nitrogens with one attached hydrogen (secondary N) is 1. The van der Waals surface area contributed by atoms with E-state index in [0.717, 1.165) is 68.2 Å². The zero-order valence-electron chi connectivity index (χ0n) is 14.9. The standard InChI is InChI=1S/C20H25ClN4O/c21-16-8-6-14(7-9-16)12-15-4-3-10-20(15,22)19(26)24-18-13-23-17-5-1-2-11-25(17)18/h6-9,13,15H,1-5,10-12,22H2,(H,24,26). The highest BCUT2D eigenvalue weighted by molar-refractivity contribution is 6.30. The summed E-state index contributed by atoms with van der Waals surface area (Å²) in [5.41, 5.74) is 6.99. The highest BCUT2D eigenvalue weighted by atomic mass is 35.5. The molecule has 3 N–H and O–H groups in total. The second-order valence-electron chi connectivity index (χ2n) is 7.58. The zero-order valence-corrected chi connectivity index (χ0v) is 15.6. The molecule has 0 bridgehead atoms. The van der Waals surface area contributed by atoms with Gasteiger partial charge in [-0.3, -0.25) is 4.79 Å². The Kier molecular flexibility index (Phi) is 4.76. The quantitative estimate of drug-likeness (QED) is 0.861. The molecule has 2 aromatic rings. The maximum absolute atomic E-state index is 13.1. The zero-order chi connectivity index (χ0) is 18.1. The summed E-state index contributed by atoms with van der Waals surface area (Å²) >= 11 is 5.98. The van der Waals surface area contributed by atoms with Gasteiger partial charge in [0.15, 0.2) is 0 Å². The lowest BCUT2D eigenvalue weighted by atomic mass is 9.82. The molecule has 1 fully saturated rings. The molecule has 1 aromatic carbocycles. The molecule has 1 saturated carbocycles. The highest BCUT2D eigenvalue weighted by Crippen LogP contribution is 2.37. The normalized spacial score (nSPS) is 25.1. The van der Waals surface area contributed by atoms with Gasteiger partial charge in [0.2, 0.25) is 5.91 Å². The topological polar surface area (TPSA) is 72.9 Å². The first kappa shape index (κ1) is 17.6. The molecule has 1 amide bonds. The largest absolute Gasteiger partial charge is 0.317 e. The van der Waals surface area contributed by atoms with Gasteiger partial charge in [-0.15, -0.1) is 0 Å². The van der Waals surface area contributed by atoms with Crippen LogP contribution in [0.3, 0.4) is 0 Å². The van der Waals surface area contributed by atoms with Crippen LogP contribution in [0.25, 0.3) is 0 Å². The van der Waals surface area contributed by atoms with Crippen molar-refractivity contribution in [3.8, 4) is 0 Å². The molecule has 0 radical (unpaired) electrons. The Morgan fingerprint density at radius 2 is 2.12 bits per heavy atom. The van der Waals surface area contributed by atoms with Gasteiger partial charge in [0.05, 0.1) is 11.7 Å². The van der Waals surface area contributed by atoms with Crippen LogP contribution in [0.1, 0.15) is 43.5 Å². The maximum atomic E-state index is 13.1. The number of nitrogens with two attached hydrogens (primary N) is 1. The molecule has 2 atom stereocenters. The molecule has 2 aliphatic rings. The van der Waals surface area contributed by atoms with E-state index in [0.29, 0.717) is 0 Å². The minimum atomic E-state index is -0.834. The van der Waals surface area contributed by atoms with Crippen molar-refractivity contribution < 1.29 is 4.79 Å².